The number of nitrogens with zero attached hydrogens (tertiary/aromatic N) is 2. The second kappa shape index (κ2) is 9.87. The molecule has 1 heterocycles. The Morgan fingerprint density at radius 3 is 2.40 bits per heavy atom. The van der Waals surface area contributed by atoms with Crippen molar-refractivity contribution in [1.82, 2.24) is 4.98 Å². The lowest BCUT2D eigenvalue weighted by molar-refractivity contribution is -0.120. The number of carbonyl (C=O) groups excluding carboxylic acids is 1. The molecule has 8 nitrogen and oxygen atoms in total. The number of oxime groups is 1. The number of anilines is 1. The first-order valence-corrected chi connectivity index (χ1v) is 8.82. The van der Waals surface area contributed by atoms with Gasteiger partial charge in [-0.3, -0.25) is 4.79 Å². The molecule has 0 spiro atoms. The van der Waals surface area contributed by atoms with E-state index in [1.54, 1.807) is 43.5 Å². The molecule has 0 radical (unpaired) electrons. The van der Waals surface area contributed by atoms with Crippen LogP contribution in [0.15, 0.2) is 72.0 Å². The normalized spacial score (nSPS) is 10.9. The predicted molar refractivity (Wildman–Crippen MR) is 109 cm³/mol. The molecule has 0 saturated carbocycles. The summed E-state index contributed by atoms with van der Waals surface area (Å²) in [5.41, 5.74) is 6.92. The summed E-state index contributed by atoms with van der Waals surface area (Å²) in [6.45, 7) is -0.314. The number of benzene rings is 2. The zero-order valence-corrected chi connectivity index (χ0v) is 16.0. The molecule has 0 atom stereocenters. The van der Waals surface area contributed by atoms with Gasteiger partial charge in [0.1, 0.15) is 17.3 Å². The number of amidine groups is 1. The van der Waals surface area contributed by atoms with E-state index in [1.807, 2.05) is 0 Å². The van der Waals surface area contributed by atoms with Crippen LogP contribution in [0.4, 0.5) is 10.1 Å². The van der Waals surface area contributed by atoms with Crippen LogP contribution in [0.2, 0.25) is 0 Å². The molecule has 1 aromatic heterocycles. The van der Waals surface area contributed by atoms with Crippen LogP contribution >= 0.6 is 0 Å². The molecule has 0 bridgehead atoms. The van der Waals surface area contributed by atoms with Gasteiger partial charge in [-0.1, -0.05) is 5.16 Å². The van der Waals surface area contributed by atoms with Crippen molar-refractivity contribution in [3.05, 3.63) is 78.2 Å². The highest BCUT2D eigenvalue weighted by Gasteiger charge is 2.06. The molecule has 3 rings (SSSR count). The molecule has 0 fully saturated rings. The maximum absolute atomic E-state index is 12.9. The summed E-state index contributed by atoms with van der Waals surface area (Å²) in [6.07, 6.45) is 1.44. The molecule has 3 N–H and O–H groups in total. The van der Waals surface area contributed by atoms with Gasteiger partial charge in [-0.05, 0) is 54.6 Å². The molecule has 0 unspecified atom stereocenters. The van der Waals surface area contributed by atoms with Gasteiger partial charge in [0.25, 0.3) is 5.91 Å². The second-order valence-corrected chi connectivity index (χ2v) is 5.97. The fourth-order valence-corrected chi connectivity index (χ4v) is 2.30. The van der Waals surface area contributed by atoms with Crippen molar-refractivity contribution in [2.75, 3.05) is 19.0 Å². The van der Waals surface area contributed by atoms with Gasteiger partial charge in [-0.2, -0.15) is 0 Å². The van der Waals surface area contributed by atoms with E-state index in [-0.39, 0.29) is 18.3 Å². The Bertz CT molecular complexity index is 1010. The van der Waals surface area contributed by atoms with Crippen LogP contribution in [0.3, 0.4) is 0 Å². The topological polar surface area (TPSA) is 108 Å². The SMILES string of the molecule is COc1ccc(NC(=O)CO/N=C(\N)c2ccc(Oc3ccc(F)cc3)nc2)cc1. The fraction of sp³-hybridized carbons (Fsp3) is 0.0952. The van der Waals surface area contributed by atoms with E-state index in [0.29, 0.717) is 28.6 Å². The minimum atomic E-state index is -0.391. The number of hydrogen-bond donors (Lipinski definition) is 2. The van der Waals surface area contributed by atoms with Gasteiger partial charge in [0.05, 0.1) is 7.11 Å². The van der Waals surface area contributed by atoms with Crippen LogP contribution in [0.25, 0.3) is 0 Å². The minimum Gasteiger partial charge on any atom is -0.497 e. The maximum Gasteiger partial charge on any atom is 0.265 e. The Kier molecular flexibility index (Phi) is 6.78. The molecule has 2 aromatic carbocycles. The number of halogens is 1. The van der Waals surface area contributed by atoms with E-state index in [4.69, 9.17) is 20.0 Å². The number of ether oxygens (including phenoxy) is 2. The molecular weight excluding hydrogens is 391 g/mol. The monoisotopic (exact) mass is 410 g/mol. The third kappa shape index (κ3) is 5.93. The third-order valence-electron chi connectivity index (χ3n) is 3.80. The molecule has 0 aliphatic rings. The zero-order valence-electron chi connectivity index (χ0n) is 16.0. The summed E-state index contributed by atoms with van der Waals surface area (Å²) < 4.78 is 23.5. The van der Waals surface area contributed by atoms with Gasteiger partial charge in [-0.15, -0.1) is 0 Å². The van der Waals surface area contributed by atoms with Gasteiger partial charge in [0.2, 0.25) is 5.88 Å². The number of aromatic nitrogens is 1. The number of carbonyl (C=O) groups is 1. The third-order valence-corrected chi connectivity index (χ3v) is 3.80. The lowest BCUT2D eigenvalue weighted by atomic mass is 10.3. The van der Waals surface area contributed by atoms with Gasteiger partial charge in [0.15, 0.2) is 12.4 Å². The van der Waals surface area contributed by atoms with Crippen molar-refractivity contribution in [2.24, 2.45) is 10.9 Å². The number of nitrogens with two attached hydrogens (primary N) is 1. The van der Waals surface area contributed by atoms with Crippen LogP contribution in [0.5, 0.6) is 17.4 Å². The van der Waals surface area contributed by atoms with Gasteiger partial charge >= 0.3 is 0 Å². The van der Waals surface area contributed by atoms with Crippen LogP contribution < -0.4 is 20.5 Å². The summed E-state index contributed by atoms with van der Waals surface area (Å²) in [7, 11) is 1.56. The molecule has 9 heteroatoms. The van der Waals surface area contributed by atoms with Crippen molar-refractivity contribution >= 4 is 17.4 Å². The first-order valence-electron chi connectivity index (χ1n) is 8.82. The zero-order chi connectivity index (χ0) is 21.3. The van der Waals surface area contributed by atoms with Crippen molar-refractivity contribution in [2.45, 2.75) is 0 Å². The van der Waals surface area contributed by atoms with Gasteiger partial charge < -0.3 is 25.4 Å². The molecule has 0 saturated heterocycles. The largest absolute Gasteiger partial charge is 0.497 e. The Balaban J connectivity index is 1.49. The number of methoxy groups -OCH3 is 1. The van der Waals surface area contributed by atoms with E-state index >= 15 is 0 Å². The van der Waals surface area contributed by atoms with Crippen molar-refractivity contribution in [3.63, 3.8) is 0 Å². The van der Waals surface area contributed by atoms with E-state index in [1.165, 1.54) is 30.5 Å². The highest BCUT2D eigenvalue weighted by molar-refractivity contribution is 5.97. The number of hydrogen-bond acceptors (Lipinski definition) is 6. The molecule has 1 amide bonds. The number of amides is 1. The Morgan fingerprint density at radius 2 is 1.77 bits per heavy atom. The van der Waals surface area contributed by atoms with E-state index in [2.05, 4.69) is 15.5 Å². The first kappa shape index (κ1) is 20.6. The quantitative estimate of drug-likeness (QED) is 0.335. The summed E-state index contributed by atoms with van der Waals surface area (Å²) in [6, 6.07) is 15.6. The molecular formula is C21H19FN4O4. The second-order valence-electron chi connectivity index (χ2n) is 5.97. The molecule has 154 valence electrons. The molecule has 0 aliphatic carbocycles. The average Bonchev–Trinajstić information content (AvgIpc) is 2.76. The lowest BCUT2D eigenvalue weighted by Crippen LogP contribution is -2.19. The van der Waals surface area contributed by atoms with Crippen LogP contribution in [-0.4, -0.2) is 30.4 Å². The minimum absolute atomic E-state index is 0.0491. The van der Waals surface area contributed by atoms with Gasteiger partial charge in [-0.25, -0.2) is 9.37 Å². The predicted octanol–water partition coefficient (Wildman–Crippen LogP) is 3.30. The Morgan fingerprint density at radius 1 is 1.07 bits per heavy atom. The highest BCUT2D eigenvalue weighted by atomic mass is 19.1. The summed E-state index contributed by atoms with van der Waals surface area (Å²) in [5.74, 6) is 0.741. The lowest BCUT2D eigenvalue weighted by Gasteiger charge is -2.07. The van der Waals surface area contributed by atoms with Crippen LogP contribution in [0, 0.1) is 5.82 Å². The van der Waals surface area contributed by atoms with Crippen LogP contribution in [-0.2, 0) is 9.63 Å². The Hall–Kier alpha value is -4.14. The van der Waals surface area contributed by atoms with E-state index in [9.17, 15) is 9.18 Å². The average molecular weight is 410 g/mol. The van der Waals surface area contributed by atoms with Crippen LogP contribution in [0.1, 0.15) is 5.56 Å². The molecule has 3 aromatic rings. The highest BCUT2D eigenvalue weighted by Crippen LogP contribution is 2.19. The fourth-order valence-electron chi connectivity index (χ4n) is 2.30. The Labute approximate surface area is 172 Å². The van der Waals surface area contributed by atoms with E-state index in [0.717, 1.165) is 0 Å². The van der Waals surface area contributed by atoms with E-state index < -0.39 is 5.91 Å². The van der Waals surface area contributed by atoms with Gasteiger partial charge in [0, 0.05) is 23.5 Å². The first-order chi connectivity index (χ1) is 14.5. The number of rotatable bonds is 8. The summed E-state index contributed by atoms with van der Waals surface area (Å²) >= 11 is 0. The molecule has 0 aliphatic heterocycles. The number of pyridine rings is 1. The van der Waals surface area contributed by atoms with Crippen molar-refractivity contribution in [3.8, 4) is 17.4 Å². The smallest absolute Gasteiger partial charge is 0.265 e. The summed E-state index contributed by atoms with van der Waals surface area (Å²) in [4.78, 5) is 21.0. The molecule has 30 heavy (non-hydrogen) atoms. The number of nitrogens with one attached hydrogen (secondary N) is 1. The van der Waals surface area contributed by atoms with Crippen molar-refractivity contribution < 1.29 is 23.5 Å². The maximum atomic E-state index is 12.9. The summed E-state index contributed by atoms with van der Waals surface area (Å²) in [5, 5.41) is 6.38. The standard InChI is InChI=1S/C21H19FN4O4/c1-28-17-9-5-16(6-10-17)25-19(27)13-29-26-21(23)14-2-11-20(24-12-14)30-18-7-3-15(22)4-8-18/h2-12H,13H2,1H3,(H2,23,26)(H,25,27). The van der Waals surface area contributed by atoms with Crippen molar-refractivity contribution in [1.29, 1.82) is 0 Å².